The summed E-state index contributed by atoms with van der Waals surface area (Å²) in [5.74, 6) is 4.20. The van der Waals surface area contributed by atoms with Gasteiger partial charge in [0.1, 0.15) is 34.5 Å². The molecule has 0 saturated carbocycles. The highest BCUT2D eigenvalue weighted by atomic mass is 16.7. The fraction of sp³-hybridized carbons (Fsp3) is 0.333. The van der Waals surface area contributed by atoms with Crippen molar-refractivity contribution in [2.75, 3.05) is 0 Å². The summed E-state index contributed by atoms with van der Waals surface area (Å²) in [6.45, 7) is 33.9. The molecular weight excluding hydrogens is 766 g/mol. The molecule has 6 nitrogen and oxygen atoms in total. The van der Waals surface area contributed by atoms with Crippen molar-refractivity contribution in [3.8, 4) is 45.6 Å². The molecule has 0 aliphatic carbocycles. The van der Waals surface area contributed by atoms with Crippen molar-refractivity contribution in [2.24, 2.45) is 0 Å². The molecule has 6 aromatic carbocycles. The van der Waals surface area contributed by atoms with Crippen LogP contribution in [-0.4, -0.2) is 14.6 Å². The van der Waals surface area contributed by atoms with Gasteiger partial charge in [0.15, 0.2) is 0 Å². The largest absolute Gasteiger partial charge is 0.864 e. The smallest absolute Gasteiger partial charge is 0.489 e. The van der Waals surface area contributed by atoms with Gasteiger partial charge in [0.25, 0.3) is 0 Å². The zero-order valence-corrected chi connectivity index (χ0v) is 39.8. The van der Waals surface area contributed by atoms with Crippen molar-refractivity contribution in [3.05, 3.63) is 163 Å². The molecule has 8 heteroatoms. The predicted octanol–water partition coefficient (Wildman–Crippen LogP) is 14.3. The van der Waals surface area contributed by atoms with Crippen LogP contribution >= 0.6 is 0 Å². The molecule has 0 saturated heterocycles. The highest BCUT2D eigenvalue weighted by Crippen LogP contribution is 2.49. The maximum absolute atomic E-state index is 7.24. The number of aryl methyl sites for hydroxylation is 10. The minimum Gasteiger partial charge on any atom is -0.489 e. The van der Waals surface area contributed by atoms with E-state index in [4.69, 9.17) is 27.9 Å². The van der Waals surface area contributed by atoms with Crippen LogP contribution in [0.2, 0.25) is 0 Å². The minimum absolute atomic E-state index is 0.0819. The zero-order chi connectivity index (χ0) is 45.2. The SMILES string of the molecule is Cc1ccc(OB(Oc2ccc(C)cc2C)Oc2c(C(C)C)cc(C)c(C)c2-c2c(C)c(C)cc(C(C)C)c2OB(Oc2ccc(C)cc2C)Oc2ccc(C)cc2C)c(C)c1. The molecule has 0 unspecified atom stereocenters. The third-order valence-corrected chi connectivity index (χ3v) is 11.8. The predicted molar refractivity (Wildman–Crippen MR) is 258 cm³/mol. The molecule has 0 atom stereocenters. The second-order valence-electron chi connectivity index (χ2n) is 17.9. The maximum Gasteiger partial charge on any atom is 0.864 e. The first kappa shape index (κ1) is 45.8. The van der Waals surface area contributed by atoms with Crippen molar-refractivity contribution in [1.29, 1.82) is 0 Å². The fourth-order valence-electron chi connectivity index (χ4n) is 8.03. The molecule has 62 heavy (non-hydrogen) atoms. The lowest BCUT2D eigenvalue weighted by molar-refractivity contribution is 0.301. The van der Waals surface area contributed by atoms with E-state index in [2.05, 4.69) is 119 Å². The molecule has 322 valence electrons. The van der Waals surface area contributed by atoms with Crippen LogP contribution in [0.3, 0.4) is 0 Å². The molecule has 6 aromatic rings. The Morgan fingerprint density at radius 2 is 0.581 bits per heavy atom. The third-order valence-electron chi connectivity index (χ3n) is 11.8. The fourth-order valence-corrected chi connectivity index (χ4v) is 8.03. The van der Waals surface area contributed by atoms with Gasteiger partial charge in [-0.3, -0.25) is 0 Å². The van der Waals surface area contributed by atoms with Gasteiger partial charge < -0.3 is 27.9 Å². The van der Waals surface area contributed by atoms with E-state index in [1.54, 1.807) is 0 Å². The average Bonchev–Trinajstić information content (AvgIpc) is 3.19. The summed E-state index contributed by atoms with van der Waals surface area (Å²) in [6, 6.07) is 29.0. The Morgan fingerprint density at radius 3 is 0.806 bits per heavy atom. The van der Waals surface area contributed by atoms with Crippen LogP contribution in [0.4, 0.5) is 0 Å². The molecule has 0 aromatic heterocycles. The van der Waals surface area contributed by atoms with Crippen LogP contribution in [0.5, 0.6) is 34.5 Å². The van der Waals surface area contributed by atoms with Crippen molar-refractivity contribution in [1.82, 2.24) is 0 Å². The summed E-state index contributed by atoms with van der Waals surface area (Å²) < 4.78 is 41.5. The quantitative estimate of drug-likeness (QED) is 0.0961. The Balaban J connectivity index is 1.60. The number of benzene rings is 6. The second-order valence-corrected chi connectivity index (χ2v) is 17.9. The van der Waals surface area contributed by atoms with E-state index in [9.17, 15) is 0 Å². The summed E-state index contributed by atoms with van der Waals surface area (Å²) in [5.41, 5.74) is 16.7. The monoisotopic (exact) mass is 830 g/mol. The van der Waals surface area contributed by atoms with Crippen molar-refractivity contribution >= 4 is 14.6 Å². The summed E-state index contributed by atoms with van der Waals surface area (Å²) in [5, 5.41) is 0. The van der Waals surface area contributed by atoms with Crippen LogP contribution in [-0.2, 0) is 0 Å². The van der Waals surface area contributed by atoms with Gasteiger partial charge in [-0.2, -0.15) is 0 Å². The number of hydrogen-bond donors (Lipinski definition) is 0. The Morgan fingerprint density at radius 1 is 0.323 bits per heavy atom. The Hall–Kier alpha value is -5.75. The van der Waals surface area contributed by atoms with E-state index in [0.717, 1.165) is 89.0 Å². The Kier molecular flexibility index (Phi) is 14.1. The van der Waals surface area contributed by atoms with Crippen LogP contribution in [0.25, 0.3) is 11.1 Å². The average molecular weight is 831 g/mol. The van der Waals surface area contributed by atoms with E-state index in [1.807, 2.05) is 76.2 Å². The van der Waals surface area contributed by atoms with E-state index >= 15 is 0 Å². The maximum atomic E-state index is 7.24. The first-order valence-electron chi connectivity index (χ1n) is 21.9. The van der Waals surface area contributed by atoms with Crippen molar-refractivity contribution < 1.29 is 27.9 Å². The van der Waals surface area contributed by atoms with Gasteiger partial charge in [0.2, 0.25) is 0 Å². The molecular formula is C54H64B2O6. The standard InChI is InChI=1S/C54H64B2O6/c1-31(2)45-29-37(9)43(15)51(53(45)61-55(57-47-21-17-33(5)25-39(47)11)58-48-22-18-34(6)26-40(48)12)52-44(16)38(10)30-46(32(3)4)54(52)62-56(59-49-23-19-35(7)27-41(49)13)60-50-24-20-36(8)28-42(50)14/h17-32H,1-16H3. The second kappa shape index (κ2) is 19.1. The summed E-state index contributed by atoms with van der Waals surface area (Å²) in [6.07, 6.45) is 0. The van der Waals surface area contributed by atoms with Crippen molar-refractivity contribution in [2.45, 2.75) is 123 Å². The summed E-state index contributed by atoms with van der Waals surface area (Å²) >= 11 is 0. The highest BCUT2D eigenvalue weighted by Gasteiger charge is 2.38. The lowest BCUT2D eigenvalue weighted by Gasteiger charge is -2.29. The molecule has 0 bridgehead atoms. The summed E-state index contributed by atoms with van der Waals surface area (Å²) in [7, 11) is -2.30. The van der Waals surface area contributed by atoms with Gasteiger partial charge in [0.05, 0.1) is 0 Å². The molecule has 0 aliphatic heterocycles. The van der Waals surface area contributed by atoms with E-state index in [-0.39, 0.29) is 11.8 Å². The molecule has 6 rings (SSSR count). The molecule has 0 radical (unpaired) electrons. The molecule has 0 N–H and O–H groups in total. The summed E-state index contributed by atoms with van der Waals surface area (Å²) in [4.78, 5) is 0. The number of rotatable bonds is 15. The van der Waals surface area contributed by atoms with Gasteiger partial charge in [-0.25, -0.2) is 0 Å². The lowest BCUT2D eigenvalue weighted by atomic mass is 9.83. The first-order valence-corrected chi connectivity index (χ1v) is 21.9. The minimum atomic E-state index is -1.15. The van der Waals surface area contributed by atoms with Gasteiger partial charge in [-0.1, -0.05) is 111 Å². The Labute approximate surface area is 372 Å². The number of hydrogen-bond acceptors (Lipinski definition) is 6. The lowest BCUT2D eigenvalue weighted by Crippen LogP contribution is -2.38. The topological polar surface area (TPSA) is 55.4 Å². The molecule has 0 aliphatic rings. The van der Waals surface area contributed by atoms with Crippen LogP contribution in [0, 0.1) is 83.1 Å². The normalized spacial score (nSPS) is 11.2. The van der Waals surface area contributed by atoms with Gasteiger partial charge >= 0.3 is 14.6 Å². The van der Waals surface area contributed by atoms with Crippen LogP contribution in [0.15, 0.2) is 84.9 Å². The molecule has 0 fully saturated rings. The third kappa shape index (κ3) is 10.3. The van der Waals surface area contributed by atoms with Gasteiger partial charge in [-0.15, -0.1) is 0 Å². The van der Waals surface area contributed by atoms with Crippen molar-refractivity contribution in [3.63, 3.8) is 0 Å². The van der Waals surface area contributed by atoms with Gasteiger partial charge in [-0.05, 0) is 175 Å². The first-order chi connectivity index (χ1) is 29.3. The van der Waals surface area contributed by atoms with Crippen LogP contribution in [0.1, 0.15) is 117 Å². The van der Waals surface area contributed by atoms with Gasteiger partial charge in [0, 0.05) is 11.1 Å². The zero-order valence-electron chi connectivity index (χ0n) is 39.8. The highest BCUT2D eigenvalue weighted by molar-refractivity contribution is 6.40. The van der Waals surface area contributed by atoms with E-state index in [0.29, 0.717) is 34.5 Å². The van der Waals surface area contributed by atoms with E-state index < -0.39 is 14.6 Å². The van der Waals surface area contributed by atoms with E-state index in [1.165, 1.54) is 0 Å². The Bertz CT molecular complexity index is 2310. The van der Waals surface area contributed by atoms with Crippen LogP contribution < -0.4 is 27.9 Å². The molecule has 0 spiro atoms. The molecule has 0 amide bonds. The molecule has 0 heterocycles.